The van der Waals surface area contributed by atoms with Crippen LogP contribution in [0, 0.1) is 0 Å². The molecule has 10 heteroatoms. The van der Waals surface area contributed by atoms with E-state index in [1.54, 1.807) is 36.7 Å². The van der Waals surface area contributed by atoms with Gasteiger partial charge < -0.3 is 20.5 Å². The van der Waals surface area contributed by atoms with Crippen molar-refractivity contribution in [1.29, 1.82) is 0 Å². The number of amides is 1. The molecule has 1 aromatic heterocycles. The highest BCUT2D eigenvalue weighted by Crippen LogP contribution is 2.27. The zero-order valence-electron chi connectivity index (χ0n) is 15.3. The Kier molecular flexibility index (Phi) is 4.77. The lowest BCUT2D eigenvalue weighted by Crippen LogP contribution is -2.22. The summed E-state index contributed by atoms with van der Waals surface area (Å²) in [6, 6.07) is 7.74. The molecule has 1 amide bonds. The highest BCUT2D eigenvalue weighted by atomic mass is 32.2. The van der Waals surface area contributed by atoms with Gasteiger partial charge in [-0.25, -0.2) is 8.42 Å². The lowest BCUT2D eigenvalue weighted by atomic mass is 10.1. The van der Waals surface area contributed by atoms with Gasteiger partial charge in [-0.3, -0.25) is 4.79 Å². The number of hydrazone groups is 1. The number of aliphatic hydroxyl groups is 2. The van der Waals surface area contributed by atoms with Gasteiger partial charge in [-0.1, -0.05) is 12.1 Å². The van der Waals surface area contributed by atoms with Crippen LogP contribution in [0.15, 0.2) is 53.4 Å². The number of nitrogens with two attached hydrogens (primary N) is 1. The van der Waals surface area contributed by atoms with Crippen LogP contribution in [0.2, 0.25) is 0 Å². The van der Waals surface area contributed by atoms with E-state index in [0.29, 0.717) is 17.7 Å². The fourth-order valence-corrected chi connectivity index (χ4v) is 5.17. The monoisotopic (exact) mass is 416 g/mol. The molecule has 3 heterocycles. The average molecular weight is 416 g/mol. The maximum Gasteiger partial charge on any atom is 0.282 e. The van der Waals surface area contributed by atoms with Crippen LogP contribution in [-0.4, -0.2) is 46.4 Å². The largest absolute Gasteiger partial charge is 0.382 e. The molecule has 0 radical (unpaired) electrons. The molecule has 0 bridgehead atoms. The molecule has 0 saturated carbocycles. The summed E-state index contributed by atoms with van der Waals surface area (Å²) in [5, 5.41) is 23.6. The van der Waals surface area contributed by atoms with E-state index in [-0.39, 0.29) is 29.0 Å². The van der Waals surface area contributed by atoms with Crippen molar-refractivity contribution in [3.05, 3.63) is 59.4 Å². The van der Waals surface area contributed by atoms with E-state index >= 15 is 0 Å². The molecule has 2 aliphatic heterocycles. The maximum atomic E-state index is 12.8. The summed E-state index contributed by atoms with van der Waals surface area (Å²) in [6.07, 6.45) is 4.18. The second-order valence-electron chi connectivity index (χ2n) is 7.07. The molecule has 1 aromatic carbocycles. The minimum absolute atomic E-state index is 0.0671. The number of rotatable bonds is 4. The Morgan fingerprint density at radius 3 is 2.55 bits per heavy atom. The van der Waals surface area contributed by atoms with Gasteiger partial charge in [0.15, 0.2) is 22.0 Å². The second-order valence-corrected chi connectivity index (χ2v) is 9.30. The minimum Gasteiger partial charge on any atom is -0.382 e. The van der Waals surface area contributed by atoms with Gasteiger partial charge in [0.2, 0.25) is 0 Å². The fraction of sp³-hybridized carbons (Fsp3) is 0.263. The summed E-state index contributed by atoms with van der Waals surface area (Å²) < 4.78 is 25.2. The van der Waals surface area contributed by atoms with Crippen LogP contribution in [0.4, 0.5) is 5.69 Å². The van der Waals surface area contributed by atoms with Crippen molar-refractivity contribution >= 4 is 33.3 Å². The van der Waals surface area contributed by atoms with E-state index in [1.165, 1.54) is 12.1 Å². The minimum atomic E-state index is -2.99. The third-order valence-electron chi connectivity index (χ3n) is 5.02. The quantitative estimate of drug-likeness (QED) is 0.491. The van der Waals surface area contributed by atoms with Gasteiger partial charge in [-0.2, -0.15) is 5.01 Å². The first kappa shape index (κ1) is 19.4. The predicted octanol–water partition coefficient (Wildman–Crippen LogP) is 0.533. The predicted molar refractivity (Wildman–Crippen MR) is 107 cm³/mol. The van der Waals surface area contributed by atoms with E-state index in [1.807, 2.05) is 4.57 Å². The summed E-state index contributed by atoms with van der Waals surface area (Å²) in [6.45, 7) is 0. The van der Waals surface area contributed by atoms with Crippen molar-refractivity contribution < 1.29 is 23.4 Å². The number of carbonyl (C=O) groups excluding carboxylic acids is 1. The normalized spacial score (nSPS) is 22.7. The SMILES string of the molecule is NC1=NN(c2ccc(C(O)O)cc2)C(=O)C1=Cc1ccn(C2CCS(=O)(=O)C2)c1. The summed E-state index contributed by atoms with van der Waals surface area (Å²) in [5.41, 5.74) is 7.63. The van der Waals surface area contributed by atoms with Gasteiger partial charge in [-0.05, 0) is 36.3 Å². The molecule has 29 heavy (non-hydrogen) atoms. The van der Waals surface area contributed by atoms with Crippen molar-refractivity contribution in [3.8, 4) is 0 Å². The number of nitrogens with zero attached hydrogens (tertiary/aromatic N) is 3. The summed E-state index contributed by atoms with van der Waals surface area (Å²) in [5.74, 6) is -0.0359. The Labute approximate surface area is 167 Å². The van der Waals surface area contributed by atoms with Crippen LogP contribution in [0.25, 0.3) is 6.08 Å². The molecule has 1 unspecified atom stereocenters. The van der Waals surface area contributed by atoms with Gasteiger partial charge in [0, 0.05) is 24.0 Å². The molecule has 0 aliphatic carbocycles. The number of sulfone groups is 1. The Morgan fingerprint density at radius 1 is 1.21 bits per heavy atom. The highest BCUT2D eigenvalue weighted by Gasteiger charge is 2.31. The Balaban J connectivity index is 1.55. The van der Waals surface area contributed by atoms with Crippen LogP contribution in [-0.2, 0) is 14.6 Å². The molecular weight excluding hydrogens is 396 g/mol. The molecule has 1 fully saturated rings. The van der Waals surface area contributed by atoms with Crippen molar-refractivity contribution in [2.75, 3.05) is 16.5 Å². The first-order valence-corrected chi connectivity index (χ1v) is 10.8. The van der Waals surface area contributed by atoms with E-state index in [4.69, 9.17) is 5.73 Å². The number of aromatic nitrogens is 1. The molecule has 4 rings (SSSR count). The Morgan fingerprint density at radius 2 is 1.93 bits per heavy atom. The maximum absolute atomic E-state index is 12.8. The third-order valence-corrected chi connectivity index (χ3v) is 6.77. The van der Waals surface area contributed by atoms with E-state index < -0.39 is 22.0 Å². The topological polar surface area (TPSA) is 138 Å². The molecule has 0 spiro atoms. The zero-order chi connectivity index (χ0) is 20.8. The van der Waals surface area contributed by atoms with Gasteiger partial charge in [0.1, 0.15) is 0 Å². The average Bonchev–Trinajstić information content (AvgIpc) is 3.36. The number of amidine groups is 1. The smallest absolute Gasteiger partial charge is 0.282 e. The number of hydrogen-bond acceptors (Lipinski definition) is 7. The molecule has 4 N–H and O–H groups in total. The van der Waals surface area contributed by atoms with E-state index in [0.717, 1.165) is 10.6 Å². The fourth-order valence-electron chi connectivity index (χ4n) is 3.45. The van der Waals surface area contributed by atoms with Crippen LogP contribution in [0.5, 0.6) is 0 Å². The van der Waals surface area contributed by atoms with Gasteiger partial charge in [-0.15, -0.1) is 5.10 Å². The van der Waals surface area contributed by atoms with Crippen LogP contribution < -0.4 is 10.7 Å². The summed E-state index contributed by atoms with van der Waals surface area (Å²) in [7, 11) is -2.99. The van der Waals surface area contributed by atoms with Gasteiger partial charge in [0.25, 0.3) is 5.91 Å². The van der Waals surface area contributed by atoms with Crippen molar-refractivity contribution in [3.63, 3.8) is 0 Å². The molecule has 1 atom stereocenters. The number of anilines is 1. The van der Waals surface area contributed by atoms with Crippen LogP contribution in [0.3, 0.4) is 0 Å². The Bertz CT molecular complexity index is 1120. The number of aliphatic hydroxyl groups excluding tert-OH is 1. The second kappa shape index (κ2) is 7.14. The van der Waals surface area contributed by atoms with E-state index in [2.05, 4.69) is 5.10 Å². The van der Waals surface area contributed by atoms with Gasteiger partial charge in [0.05, 0.1) is 22.8 Å². The lowest BCUT2D eigenvalue weighted by molar-refractivity contribution is -0.114. The number of carbonyl (C=O) groups is 1. The molecule has 152 valence electrons. The third kappa shape index (κ3) is 3.82. The first-order chi connectivity index (χ1) is 13.7. The molecule has 2 aromatic rings. The van der Waals surface area contributed by atoms with Crippen molar-refractivity contribution in [1.82, 2.24) is 4.57 Å². The van der Waals surface area contributed by atoms with Crippen LogP contribution >= 0.6 is 0 Å². The standard InChI is InChI=1S/C19H20N4O5S/c20-17-16(9-12-5-7-22(10-12)15-6-8-29(27,28)11-15)18(24)23(21-17)14-3-1-13(2-4-14)19(25)26/h1-5,7,9-10,15,19,25-26H,6,8,11H2,(H2,20,21). The zero-order valence-corrected chi connectivity index (χ0v) is 16.2. The number of benzene rings is 1. The first-order valence-electron chi connectivity index (χ1n) is 8.98. The molecular formula is C19H20N4O5S. The highest BCUT2D eigenvalue weighted by molar-refractivity contribution is 7.91. The molecule has 1 saturated heterocycles. The van der Waals surface area contributed by atoms with Crippen molar-refractivity contribution in [2.45, 2.75) is 18.8 Å². The van der Waals surface area contributed by atoms with E-state index in [9.17, 15) is 23.4 Å². The van der Waals surface area contributed by atoms with Gasteiger partial charge >= 0.3 is 0 Å². The number of hydrogen-bond donors (Lipinski definition) is 3. The molecule has 2 aliphatic rings. The summed E-state index contributed by atoms with van der Waals surface area (Å²) in [4.78, 5) is 12.8. The van der Waals surface area contributed by atoms with Crippen LogP contribution in [0.1, 0.15) is 29.9 Å². The van der Waals surface area contributed by atoms with Crippen molar-refractivity contribution in [2.24, 2.45) is 10.8 Å². The lowest BCUT2D eigenvalue weighted by Gasteiger charge is -2.12. The molecule has 9 nitrogen and oxygen atoms in total. The summed E-state index contributed by atoms with van der Waals surface area (Å²) >= 11 is 0. The Hall–Kier alpha value is -2.95.